The van der Waals surface area contributed by atoms with Gasteiger partial charge in [0.2, 0.25) is 5.91 Å². The van der Waals surface area contributed by atoms with Gasteiger partial charge in [0.1, 0.15) is 0 Å². The van der Waals surface area contributed by atoms with Crippen molar-refractivity contribution in [3.05, 3.63) is 59.2 Å². The lowest BCUT2D eigenvalue weighted by Crippen LogP contribution is -2.24. The number of carbonyl (C=O) groups excluding carboxylic acids is 3. The highest BCUT2D eigenvalue weighted by Gasteiger charge is 2.09. The largest absolute Gasteiger partial charge is 0.465 e. The van der Waals surface area contributed by atoms with Gasteiger partial charge in [0.15, 0.2) is 0 Å². The van der Waals surface area contributed by atoms with E-state index in [-0.39, 0.29) is 18.4 Å². The van der Waals surface area contributed by atoms with Crippen molar-refractivity contribution in [2.45, 2.75) is 13.8 Å². The van der Waals surface area contributed by atoms with Crippen molar-refractivity contribution in [2.75, 3.05) is 30.8 Å². The van der Waals surface area contributed by atoms with Crippen LogP contribution in [0.15, 0.2) is 42.5 Å². The first-order valence-electron chi connectivity index (χ1n) is 8.55. The Morgan fingerprint density at radius 1 is 1.00 bits per heavy atom. The summed E-state index contributed by atoms with van der Waals surface area (Å²) < 4.78 is 4.63. The number of nitrogens with one attached hydrogen (secondary N) is 3. The van der Waals surface area contributed by atoms with E-state index in [1.807, 2.05) is 19.9 Å². The molecule has 2 amide bonds. The van der Waals surface area contributed by atoms with Gasteiger partial charge in [-0.2, -0.15) is 0 Å². The van der Waals surface area contributed by atoms with Gasteiger partial charge >= 0.3 is 5.97 Å². The van der Waals surface area contributed by atoms with Crippen LogP contribution in [0.5, 0.6) is 0 Å². The van der Waals surface area contributed by atoms with Crippen molar-refractivity contribution in [1.29, 1.82) is 0 Å². The first-order valence-corrected chi connectivity index (χ1v) is 8.55. The van der Waals surface area contributed by atoms with Gasteiger partial charge in [0.25, 0.3) is 5.91 Å². The topological polar surface area (TPSA) is 96.5 Å². The van der Waals surface area contributed by atoms with Gasteiger partial charge in [-0.15, -0.1) is 0 Å². The summed E-state index contributed by atoms with van der Waals surface area (Å²) in [6.07, 6.45) is 0. The molecule has 2 aromatic carbocycles. The molecule has 0 saturated heterocycles. The first kappa shape index (κ1) is 20.0. The van der Waals surface area contributed by atoms with E-state index in [2.05, 4.69) is 20.7 Å². The van der Waals surface area contributed by atoms with E-state index in [1.165, 1.54) is 7.11 Å². The molecule has 0 spiro atoms. The Bertz CT molecular complexity index is 832. The third kappa shape index (κ3) is 5.57. The zero-order valence-corrected chi connectivity index (χ0v) is 15.6. The summed E-state index contributed by atoms with van der Waals surface area (Å²) in [5.41, 5.74) is 3.16. The highest BCUT2D eigenvalue weighted by atomic mass is 16.5. The van der Waals surface area contributed by atoms with E-state index in [0.29, 0.717) is 23.4 Å². The number of amides is 2. The van der Waals surface area contributed by atoms with Crippen molar-refractivity contribution in [3.8, 4) is 0 Å². The van der Waals surface area contributed by atoms with E-state index < -0.39 is 5.97 Å². The minimum absolute atomic E-state index is 0.0401. The van der Waals surface area contributed by atoms with Gasteiger partial charge < -0.3 is 20.7 Å². The van der Waals surface area contributed by atoms with E-state index in [4.69, 9.17) is 0 Å². The van der Waals surface area contributed by atoms with Gasteiger partial charge in [0, 0.05) is 23.5 Å². The summed E-state index contributed by atoms with van der Waals surface area (Å²) in [7, 11) is 1.31. The van der Waals surface area contributed by atoms with E-state index in [0.717, 1.165) is 11.3 Å². The Balaban J connectivity index is 1.96. The van der Waals surface area contributed by atoms with Crippen molar-refractivity contribution >= 4 is 29.2 Å². The van der Waals surface area contributed by atoms with Crippen LogP contribution in [0.4, 0.5) is 11.4 Å². The van der Waals surface area contributed by atoms with Crippen LogP contribution >= 0.6 is 0 Å². The Morgan fingerprint density at radius 3 is 2.30 bits per heavy atom. The number of aryl methyl sites for hydroxylation is 1. The van der Waals surface area contributed by atoms with Crippen LogP contribution in [0.3, 0.4) is 0 Å². The van der Waals surface area contributed by atoms with Crippen LogP contribution < -0.4 is 16.0 Å². The zero-order valence-electron chi connectivity index (χ0n) is 15.6. The number of hydrogen-bond donors (Lipinski definition) is 3. The third-order valence-electron chi connectivity index (χ3n) is 3.87. The average Bonchev–Trinajstić information content (AvgIpc) is 2.67. The normalized spacial score (nSPS) is 10.0. The van der Waals surface area contributed by atoms with Crippen LogP contribution in [0.1, 0.15) is 33.2 Å². The molecule has 0 saturated carbocycles. The molecule has 7 nitrogen and oxygen atoms in total. The van der Waals surface area contributed by atoms with Crippen LogP contribution in [0.2, 0.25) is 0 Å². The Morgan fingerprint density at radius 2 is 1.67 bits per heavy atom. The van der Waals surface area contributed by atoms with Crippen LogP contribution in [-0.2, 0) is 9.53 Å². The summed E-state index contributed by atoms with van der Waals surface area (Å²) in [6, 6.07) is 11.7. The number of methoxy groups -OCH3 is 1. The molecule has 0 aliphatic carbocycles. The maximum Gasteiger partial charge on any atom is 0.337 e. The molecule has 0 aromatic heterocycles. The molecule has 0 unspecified atom stereocenters. The molecule has 2 aromatic rings. The summed E-state index contributed by atoms with van der Waals surface area (Å²) >= 11 is 0. The second kappa shape index (κ2) is 9.38. The predicted molar refractivity (Wildman–Crippen MR) is 104 cm³/mol. The summed E-state index contributed by atoms with van der Waals surface area (Å²) in [5.74, 6) is -0.837. The van der Waals surface area contributed by atoms with Crippen molar-refractivity contribution in [2.24, 2.45) is 0 Å². The Hall–Kier alpha value is -3.35. The molecule has 0 fully saturated rings. The molecule has 7 heteroatoms. The SMILES string of the molecule is CCNC(=O)c1ccc(C)c(NCC(=O)Nc2ccc(C(=O)OC)cc2)c1. The van der Waals surface area contributed by atoms with Crippen LogP contribution in [0, 0.1) is 6.92 Å². The fourth-order valence-corrected chi connectivity index (χ4v) is 2.40. The van der Waals surface area contributed by atoms with Gasteiger partial charge in [-0.05, 0) is 55.8 Å². The quantitative estimate of drug-likeness (QED) is 0.652. The lowest BCUT2D eigenvalue weighted by molar-refractivity contribution is -0.114. The number of carbonyl (C=O) groups is 3. The molecule has 0 radical (unpaired) electrons. The Kier molecular flexibility index (Phi) is 6.93. The van der Waals surface area contributed by atoms with E-state index in [9.17, 15) is 14.4 Å². The molecule has 0 bridgehead atoms. The maximum absolute atomic E-state index is 12.1. The molecule has 3 N–H and O–H groups in total. The standard InChI is InChI=1S/C20H23N3O4/c1-4-21-19(25)15-6-5-13(2)17(11-15)22-12-18(24)23-16-9-7-14(8-10-16)20(26)27-3/h5-11,22H,4,12H2,1-3H3,(H,21,25)(H,23,24). The second-order valence-electron chi connectivity index (χ2n) is 5.86. The number of rotatable bonds is 7. The molecule has 0 aliphatic heterocycles. The highest BCUT2D eigenvalue weighted by Crippen LogP contribution is 2.17. The molecule has 27 heavy (non-hydrogen) atoms. The molecule has 0 heterocycles. The lowest BCUT2D eigenvalue weighted by Gasteiger charge is -2.12. The second-order valence-corrected chi connectivity index (χ2v) is 5.86. The average molecular weight is 369 g/mol. The fraction of sp³-hybridized carbons (Fsp3) is 0.250. The van der Waals surface area contributed by atoms with Gasteiger partial charge in [-0.3, -0.25) is 9.59 Å². The van der Waals surface area contributed by atoms with Crippen LogP contribution in [-0.4, -0.2) is 38.0 Å². The van der Waals surface area contributed by atoms with E-state index in [1.54, 1.807) is 36.4 Å². The number of hydrogen-bond acceptors (Lipinski definition) is 5. The lowest BCUT2D eigenvalue weighted by atomic mass is 10.1. The summed E-state index contributed by atoms with van der Waals surface area (Å²) in [5, 5.41) is 8.53. The first-order chi connectivity index (χ1) is 12.9. The minimum Gasteiger partial charge on any atom is -0.465 e. The van der Waals surface area contributed by atoms with Crippen LogP contribution in [0.25, 0.3) is 0 Å². The van der Waals surface area contributed by atoms with Crippen molar-refractivity contribution in [3.63, 3.8) is 0 Å². The number of anilines is 2. The van der Waals surface area contributed by atoms with Crippen molar-refractivity contribution < 1.29 is 19.1 Å². The van der Waals surface area contributed by atoms with Gasteiger partial charge in [-0.1, -0.05) is 6.07 Å². The molecule has 0 atom stereocenters. The predicted octanol–water partition coefficient (Wildman–Crippen LogP) is 2.58. The molecular formula is C20H23N3O4. The minimum atomic E-state index is -0.433. The summed E-state index contributed by atoms with van der Waals surface area (Å²) in [6.45, 7) is 4.34. The molecular weight excluding hydrogens is 346 g/mol. The van der Waals surface area contributed by atoms with Gasteiger partial charge in [-0.25, -0.2) is 4.79 Å². The highest BCUT2D eigenvalue weighted by molar-refractivity contribution is 5.97. The number of benzene rings is 2. The Labute approximate surface area is 158 Å². The zero-order chi connectivity index (χ0) is 19.8. The monoisotopic (exact) mass is 369 g/mol. The molecule has 142 valence electrons. The molecule has 0 aliphatic rings. The smallest absolute Gasteiger partial charge is 0.337 e. The number of ether oxygens (including phenoxy) is 1. The molecule has 2 rings (SSSR count). The van der Waals surface area contributed by atoms with Crippen molar-refractivity contribution in [1.82, 2.24) is 5.32 Å². The maximum atomic E-state index is 12.1. The fourth-order valence-electron chi connectivity index (χ4n) is 2.40. The van der Waals surface area contributed by atoms with Gasteiger partial charge in [0.05, 0.1) is 19.2 Å². The summed E-state index contributed by atoms with van der Waals surface area (Å²) in [4.78, 5) is 35.5. The number of esters is 1. The van der Waals surface area contributed by atoms with E-state index >= 15 is 0 Å². The third-order valence-corrected chi connectivity index (χ3v) is 3.87.